The predicted molar refractivity (Wildman–Crippen MR) is 64.1 cm³/mol. The van der Waals surface area contributed by atoms with E-state index in [1.165, 1.54) is 37.1 Å². The molecule has 2 N–H and O–H groups in total. The molecule has 1 spiro atoms. The van der Waals surface area contributed by atoms with E-state index in [9.17, 15) is 0 Å². The van der Waals surface area contributed by atoms with Gasteiger partial charge in [0, 0.05) is 0 Å². The normalized spacial score (nSPS) is 23.3. The van der Waals surface area contributed by atoms with E-state index >= 15 is 0 Å². The Morgan fingerprint density at radius 3 is 2.13 bits per heavy atom. The summed E-state index contributed by atoms with van der Waals surface area (Å²) in [6.45, 7) is 2.36. The van der Waals surface area contributed by atoms with Crippen LogP contribution in [-0.2, 0) is 0 Å². The maximum absolute atomic E-state index is 3.66. The highest BCUT2D eigenvalue weighted by atomic mass is 15.3. The average molecular weight is 202 g/mol. The zero-order valence-electron chi connectivity index (χ0n) is 9.22. The second-order valence-corrected chi connectivity index (χ2v) is 5.06. The lowest BCUT2D eigenvalue weighted by Gasteiger charge is -2.37. The molecule has 1 fully saturated rings. The van der Waals surface area contributed by atoms with Crippen LogP contribution in [-0.4, -0.2) is 5.66 Å². The molecule has 2 heteroatoms. The molecule has 3 rings (SSSR count). The zero-order valence-corrected chi connectivity index (χ0v) is 9.22. The minimum atomic E-state index is 0.163. The van der Waals surface area contributed by atoms with Crippen molar-refractivity contribution in [3.63, 3.8) is 0 Å². The highest BCUT2D eigenvalue weighted by Crippen LogP contribution is 2.42. The third kappa shape index (κ3) is 1.48. The van der Waals surface area contributed by atoms with Crippen LogP contribution in [0.2, 0.25) is 0 Å². The Morgan fingerprint density at radius 1 is 1.07 bits per heavy atom. The summed E-state index contributed by atoms with van der Waals surface area (Å²) in [5, 5.41) is 7.32. The van der Waals surface area contributed by atoms with Gasteiger partial charge in [-0.25, -0.2) is 0 Å². The molecule has 0 radical (unpaired) electrons. The lowest BCUT2D eigenvalue weighted by molar-refractivity contribution is 0.296. The largest absolute Gasteiger partial charge is 0.361 e. The standard InChI is InChI=1S/C13H18N2/c1-10-6-8-13(9-7-10)14-11-4-2-3-5-12(11)15-13/h2-5,10,14-15H,6-9H2,1H3. The molecule has 0 aromatic heterocycles. The Bertz CT molecular complexity index is 338. The van der Waals surface area contributed by atoms with Crippen molar-refractivity contribution in [2.75, 3.05) is 10.6 Å². The van der Waals surface area contributed by atoms with Gasteiger partial charge in [0.25, 0.3) is 0 Å². The van der Waals surface area contributed by atoms with Crippen LogP contribution in [0.25, 0.3) is 0 Å². The number of anilines is 2. The lowest BCUT2D eigenvalue weighted by atomic mass is 9.83. The van der Waals surface area contributed by atoms with E-state index in [0.717, 1.165) is 5.92 Å². The number of rotatable bonds is 0. The fourth-order valence-electron chi connectivity index (χ4n) is 2.75. The van der Waals surface area contributed by atoms with Crippen LogP contribution in [0.4, 0.5) is 11.4 Å². The van der Waals surface area contributed by atoms with Crippen molar-refractivity contribution in [1.29, 1.82) is 0 Å². The van der Waals surface area contributed by atoms with Crippen LogP contribution in [0.15, 0.2) is 24.3 Å². The summed E-state index contributed by atoms with van der Waals surface area (Å²) < 4.78 is 0. The third-order valence-electron chi connectivity index (χ3n) is 3.80. The number of benzene rings is 1. The SMILES string of the molecule is CC1CCC2(CC1)Nc1ccccc1N2. The summed E-state index contributed by atoms with van der Waals surface area (Å²) in [5.74, 6) is 0.892. The molecule has 2 nitrogen and oxygen atoms in total. The first-order valence-electron chi connectivity index (χ1n) is 5.93. The van der Waals surface area contributed by atoms with E-state index in [-0.39, 0.29) is 5.66 Å². The summed E-state index contributed by atoms with van der Waals surface area (Å²) in [6, 6.07) is 8.51. The molecule has 2 aliphatic rings. The topological polar surface area (TPSA) is 24.1 Å². The van der Waals surface area contributed by atoms with E-state index < -0.39 is 0 Å². The van der Waals surface area contributed by atoms with Crippen LogP contribution < -0.4 is 10.6 Å². The van der Waals surface area contributed by atoms with Crippen molar-refractivity contribution < 1.29 is 0 Å². The van der Waals surface area contributed by atoms with Crippen molar-refractivity contribution in [3.8, 4) is 0 Å². The Kier molecular flexibility index (Phi) is 1.91. The highest BCUT2D eigenvalue weighted by molar-refractivity contribution is 5.76. The third-order valence-corrected chi connectivity index (χ3v) is 3.80. The lowest BCUT2D eigenvalue weighted by Crippen LogP contribution is -2.44. The van der Waals surface area contributed by atoms with Crippen molar-refractivity contribution in [2.45, 2.75) is 38.3 Å². The number of fused-ring (bicyclic) bond motifs is 1. The average Bonchev–Trinajstić information content (AvgIpc) is 2.61. The van der Waals surface area contributed by atoms with E-state index in [1.54, 1.807) is 0 Å². The molecule has 1 aromatic carbocycles. The summed E-state index contributed by atoms with van der Waals surface area (Å²) in [5.41, 5.74) is 2.70. The predicted octanol–water partition coefficient (Wildman–Crippen LogP) is 3.43. The molecular weight excluding hydrogens is 184 g/mol. The Balaban J connectivity index is 1.83. The molecule has 80 valence electrons. The fraction of sp³-hybridized carbons (Fsp3) is 0.538. The maximum atomic E-state index is 3.66. The quantitative estimate of drug-likeness (QED) is 0.673. The van der Waals surface area contributed by atoms with Crippen LogP contribution in [0.3, 0.4) is 0 Å². The maximum Gasteiger partial charge on any atom is 0.108 e. The van der Waals surface area contributed by atoms with Gasteiger partial charge >= 0.3 is 0 Å². The van der Waals surface area contributed by atoms with E-state index in [1.807, 2.05) is 0 Å². The summed E-state index contributed by atoms with van der Waals surface area (Å²) in [4.78, 5) is 0. The number of hydrogen-bond donors (Lipinski definition) is 2. The smallest absolute Gasteiger partial charge is 0.108 e. The minimum Gasteiger partial charge on any atom is -0.361 e. The van der Waals surface area contributed by atoms with Crippen molar-refractivity contribution >= 4 is 11.4 Å². The summed E-state index contributed by atoms with van der Waals surface area (Å²) in [6.07, 6.45) is 5.13. The molecular formula is C13H18N2. The van der Waals surface area contributed by atoms with E-state index in [0.29, 0.717) is 0 Å². The van der Waals surface area contributed by atoms with Gasteiger partial charge in [0.1, 0.15) is 5.66 Å². The van der Waals surface area contributed by atoms with Gasteiger partial charge < -0.3 is 10.6 Å². The van der Waals surface area contributed by atoms with Gasteiger partial charge in [0.05, 0.1) is 11.4 Å². The zero-order chi connectivity index (χ0) is 10.3. The molecule has 1 aromatic rings. The van der Waals surface area contributed by atoms with Crippen molar-refractivity contribution in [2.24, 2.45) is 5.92 Å². The molecule has 1 heterocycles. The van der Waals surface area contributed by atoms with Gasteiger partial charge in [-0.2, -0.15) is 0 Å². The van der Waals surface area contributed by atoms with Gasteiger partial charge in [-0.1, -0.05) is 19.1 Å². The van der Waals surface area contributed by atoms with Gasteiger partial charge in [-0.3, -0.25) is 0 Å². The van der Waals surface area contributed by atoms with Gasteiger partial charge in [-0.05, 0) is 43.7 Å². The summed E-state index contributed by atoms with van der Waals surface area (Å²) in [7, 11) is 0. The second kappa shape index (κ2) is 3.16. The molecule has 0 saturated heterocycles. The van der Waals surface area contributed by atoms with Gasteiger partial charge in [-0.15, -0.1) is 0 Å². The molecule has 15 heavy (non-hydrogen) atoms. The summed E-state index contributed by atoms with van der Waals surface area (Å²) >= 11 is 0. The molecule has 1 aliphatic heterocycles. The van der Waals surface area contributed by atoms with Crippen molar-refractivity contribution in [3.05, 3.63) is 24.3 Å². The molecule has 0 atom stereocenters. The van der Waals surface area contributed by atoms with E-state index in [4.69, 9.17) is 0 Å². The van der Waals surface area contributed by atoms with Gasteiger partial charge in [0.2, 0.25) is 0 Å². The van der Waals surface area contributed by atoms with Crippen LogP contribution >= 0.6 is 0 Å². The van der Waals surface area contributed by atoms with E-state index in [2.05, 4.69) is 41.8 Å². The Labute approximate surface area is 91.1 Å². The fourth-order valence-corrected chi connectivity index (χ4v) is 2.75. The van der Waals surface area contributed by atoms with Crippen LogP contribution in [0.1, 0.15) is 32.6 Å². The number of nitrogens with one attached hydrogen (secondary N) is 2. The van der Waals surface area contributed by atoms with Crippen LogP contribution in [0, 0.1) is 5.92 Å². The first-order chi connectivity index (χ1) is 7.27. The highest BCUT2D eigenvalue weighted by Gasteiger charge is 2.38. The van der Waals surface area contributed by atoms with Crippen LogP contribution in [0.5, 0.6) is 0 Å². The van der Waals surface area contributed by atoms with Gasteiger partial charge in [0.15, 0.2) is 0 Å². The molecule has 0 bridgehead atoms. The first kappa shape index (κ1) is 9.08. The first-order valence-corrected chi connectivity index (χ1v) is 5.93. The number of hydrogen-bond acceptors (Lipinski definition) is 2. The molecule has 1 aliphatic carbocycles. The molecule has 0 amide bonds. The minimum absolute atomic E-state index is 0.163. The van der Waals surface area contributed by atoms with Crippen molar-refractivity contribution in [1.82, 2.24) is 0 Å². The number of para-hydroxylation sites is 2. The Hall–Kier alpha value is -1.18. The molecule has 0 unspecified atom stereocenters. The second-order valence-electron chi connectivity index (χ2n) is 5.06. The molecule has 1 saturated carbocycles. The monoisotopic (exact) mass is 202 g/mol. The Morgan fingerprint density at radius 2 is 1.60 bits per heavy atom.